The lowest BCUT2D eigenvalue weighted by molar-refractivity contribution is 0.628. The first-order valence-corrected chi connectivity index (χ1v) is 9.73. The molecule has 0 nitrogen and oxygen atoms in total. The molecule has 0 bridgehead atoms. The standard InChI is InChI=1S/C26H22F2/c1-2-3-5-18-8-14-25-22(16-18)13-15-24(26(25)28)20-11-9-19(10-12-20)21-6-4-7-23(27)17-21/h4,6-17H,2-3,5H2,1H3. The number of hydrogen-bond donors (Lipinski definition) is 0. The van der Waals surface area contributed by atoms with Gasteiger partial charge >= 0.3 is 0 Å². The molecule has 0 heterocycles. The van der Waals surface area contributed by atoms with Crippen LogP contribution >= 0.6 is 0 Å². The van der Waals surface area contributed by atoms with Crippen molar-refractivity contribution < 1.29 is 8.78 Å². The molecule has 2 heteroatoms. The zero-order valence-electron chi connectivity index (χ0n) is 15.9. The minimum Gasteiger partial charge on any atom is -0.207 e. The Bertz CT molecular complexity index is 1110. The Morgan fingerprint density at radius 1 is 0.714 bits per heavy atom. The first-order valence-electron chi connectivity index (χ1n) is 9.73. The van der Waals surface area contributed by atoms with E-state index in [0.717, 1.165) is 41.3 Å². The smallest absolute Gasteiger partial charge is 0.138 e. The molecular weight excluding hydrogens is 350 g/mol. The van der Waals surface area contributed by atoms with E-state index in [4.69, 9.17) is 0 Å². The van der Waals surface area contributed by atoms with E-state index in [0.29, 0.717) is 10.9 Å². The van der Waals surface area contributed by atoms with Crippen molar-refractivity contribution in [3.05, 3.63) is 96.1 Å². The van der Waals surface area contributed by atoms with Gasteiger partial charge in [-0.15, -0.1) is 0 Å². The van der Waals surface area contributed by atoms with Crippen molar-refractivity contribution in [3.8, 4) is 22.3 Å². The number of rotatable bonds is 5. The summed E-state index contributed by atoms with van der Waals surface area (Å²) in [6.07, 6.45) is 3.32. The first kappa shape index (κ1) is 18.4. The highest BCUT2D eigenvalue weighted by molar-refractivity contribution is 5.89. The molecule has 0 aliphatic heterocycles. The number of fused-ring (bicyclic) bond motifs is 1. The van der Waals surface area contributed by atoms with Crippen molar-refractivity contribution in [1.29, 1.82) is 0 Å². The summed E-state index contributed by atoms with van der Waals surface area (Å²) in [6.45, 7) is 2.17. The lowest BCUT2D eigenvalue weighted by Crippen LogP contribution is -1.90. The summed E-state index contributed by atoms with van der Waals surface area (Å²) < 4.78 is 28.6. The predicted molar refractivity (Wildman–Crippen MR) is 113 cm³/mol. The topological polar surface area (TPSA) is 0 Å². The molecule has 4 aromatic rings. The van der Waals surface area contributed by atoms with Crippen LogP contribution in [0, 0.1) is 11.6 Å². The van der Waals surface area contributed by atoms with Crippen LogP contribution < -0.4 is 0 Å². The summed E-state index contributed by atoms with van der Waals surface area (Å²) >= 11 is 0. The van der Waals surface area contributed by atoms with Gasteiger partial charge in [-0.25, -0.2) is 8.78 Å². The van der Waals surface area contributed by atoms with Gasteiger partial charge < -0.3 is 0 Å². The van der Waals surface area contributed by atoms with E-state index in [-0.39, 0.29) is 11.6 Å². The summed E-state index contributed by atoms with van der Waals surface area (Å²) in [5, 5.41) is 1.58. The van der Waals surface area contributed by atoms with Crippen molar-refractivity contribution in [2.45, 2.75) is 26.2 Å². The van der Waals surface area contributed by atoms with E-state index >= 15 is 4.39 Å². The van der Waals surface area contributed by atoms with Gasteiger partial charge in [0.15, 0.2) is 0 Å². The fraction of sp³-hybridized carbons (Fsp3) is 0.154. The van der Waals surface area contributed by atoms with Crippen LogP contribution in [-0.4, -0.2) is 0 Å². The van der Waals surface area contributed by atoms with Crippen LogP contribution in [0.2, 0.25) is 0 Å². The summed E-state index contributed by atoms with van der Waals surface area (Å²) in [5.74, 6) is -0.460. The van der Waals surface area contributed by atoms with E-state index in [1.54, 1.807) is 6.07 Å². The van der Waals surface area contributed by atoms with Gasteiger partial charge in [0.1, 0.15) is 11.6 Å². The second kappa shape index (κ2) is 7.93. The van der Waals surface area contributed by atoms with Crippen LogP contribution in [0.3, 0.4) is 0 Å². The second-order valence-corrected chi connectivity index (χ2v) is 7.17. The minimum absolute atomic E-state index is 0.196. The number of unbranched alkanes of at least 4 members (excludes halogenated alkanes) is 1. The highest BCUT2D eigenvalue weighted by atomic mass is 19.1. The van der Waals surface area contributed by atoms with Gasteiger partial charge in [0, 0.05) is 10.9 Å². The van der Waals surface area contributed by atoms with E-state index in [9.17, 15) is 4.39 Å². The molecule has 0 N–H and O–H groups in total. The van der Waals surface area contributed by atoms with Crippen LogP contribution in [-0.2, 0) is 6.42 Å². The van der Waals surface area contributed by atoms with E-state index < -0.39 is 0 Å². The molecule has 4 rings (SSSR count). The largest absolute Gasteiger partial charge is 0.207 e. The lowest BCUT2D eigenvalue weighted by atomic mass is 9.96. The zero-order chi connectivity index (χ0) is 19.5. The Balaban J connectivity index is 1.67. The van der Waals surface area contributed by atoms with Gasteiger partial charge in [-0.05, 0) is 52.6 Å². The molecule has 0 amide bonds. The van der Waals surface area contributed by atoms with Crippen LogP contribution in [0.5, 0.6) is 0 Å². The third-order valence-corrected chi connectivity index (χ3v) is 5.19. The molecule has 0 radical (unpaired) electrons. The highest BCUT2D eigenvalue weighted by Crippen LogP contribution is 2.31. The number of aryl methyl sites for hydroxylation is 1. The molecule has 0 saturated heterocycles. The minimum atomic E-state index is -0.263. The van der Waals surface area contributed by atoms with Gasteiger partial charge in [-0.2, -0.15) is 0 Å². The molecule has 0 fully saturated rings. The average Bonchev–Trinajstić information content (AvgIpc) is 2.73. The van der Waals surface area contributed by atoms with Crippen LogP contribution in [0.15, 0.2) is 78.9 Å². The number of benzene rings is 4. The zero-order valence-corrected chi connectivity index (χ0v) is 15.9. The van der Waals surface area contributed by atoms with Crippen molar-refractivity contribution in [2.24, 2.45) is 0 Å². The molecular formula is C26H22F2. The molecule has 0 aliphatic carbocycles. The van der Waals surface area contributed by atoms with Crippen molar-refractivity contribution in [1.82, 2.24) is 0 Å². The van der Waals surface area contributed by atoms with Gasteiger partial charge in [-0.1, -0.05) is 80.1 Å². The first-order chi connectivity index (χ1) is 13.7. The maximum absolute atomic E-state index is 15.2. The van der Waals surface area contributed by atoms with Crippen molar-refractivity contribution in [2.75, 3.05) is 0 Å². The molecule has 0 aliphatic rings. The fourth-order valence-electron chi connectivity index (χ4n) is 3.61. The van der Waals surface area contributed by atoms with Crippen LogP contribution in [0.25, 0.3) is 33.0 Å². The molecule has 0 spiro atoms. The summed E-state index contributed by atoms with van der Waals surface area (Å²) in [5.41, 5.74) is 4.37. The summed E-state index contributed by atoms with van der Waals surface area (Å²) in [7, 11) is 0. The maximum Gasteiger partial charge on any atom is 0.138 e. The fourth-order valence-corrected chi connectivity index (χ4v) is 3.61. The Labute approximate surface area is 164 Å². The summed E-state index contributed by atoms with van der Waals surface area (Å²) in [6, 6.07) is 23.9. The molecule has 0 atom stereocenters. The third kappa shape index (κ3) is 3.68. The molecule has 0 unspecified atom stereocenters. The van der Waals surface area contributed by atoms with Gasteiger partial charge in [0.25, 0.3) is 0 Å². The molecule has 28 heavy (non-hydrogen) atoms. The van der Waals surface area contributed by atoms with E-state index in [1.807, 2.05) is 54.6 Å². The third-order valence-electron chi connectivity index (χ3n) is 5.19. The van der Waals surface area contributed by atoms with Crippen molar-refractivity contribution in [3.63, 3.8) is 0 Å². The SMILES string of the molecule is CCCCc1ccc2c(F)c(-c3ccc(-c4cccc(F)c4)cc3)ccc2c1. The van der Waals surface area contributed by atoms with Gasteiger partial charge in [0.2, 0.25) is 0 Å². The van der Waals surface area contributed by atoms with E-state index in [2.05, 4.69) is 13.0 Å². The molecule has 0 aromatic heterocycles. The van der Waals surface area contributed by atoms with Gasteiger partial charge in [0.05, 0.1) is 0 Å². The van der Waals surface area contributed by atoms with E-state index in [1.165, 1.54) is 17.7 Å². The quantitative estimate of drug-likeness (QED) is 0.335. The monoisotopic (exact) mass is 372 g/mol. The normalized spacial score (nSPS) is 11.1. The Kier molecular flexibility index (Phi) is 5.21. The Hall–Kier alpha value is -3.00. The van der Waals surface area contributed by atoms with Gasteiger partial charge in [-0.3, -0.25) is 0 Å². The highest BCUT2D eigenvalue weighted by Gasteiger charge is 2.10. The molecule has 140 valence electrons. The van der Waals surface area contributed by atoms with Crippen LogP contribution in [0.1, 0.15) is 25.3 Å². The molecule has 4 aromatic carbocycles. The Morgan fingerprint density at radius 3 is 2.25 bits per heavy atom. The van der Waals surface area contributed by atoms with Crippen LogP contribution in [0.4, 0.5) is 8.78 Å². The average molecular weight is 372 g/mol. The Morgan fingerprint density at radius 2 is 1.50 bits per heavy atom. The second-order valence-electron chi connectivity index (χ2n) is 7.17. The maximum atomic E-state index is 15.2. The number of halogens is 2. The lowest BCUT2D eigenvalue weighted by Gasteiger charge is -2.10. The number of hydrogen-bond acceptors (Lipinski definition) is 0. The van der Waals surface area contributed by atoms with Crippen molar-refractivity contribution >= 4 is 10.8 Å². The summed E-state index contributed by atoms with van der Waals surface area (Å²) in [4.78, 5) is 0. The molecule has 0 saturated carbocycles. The predicted octanol–water partition coefficient (Wildman–Crippen LogP) is 7.79.